The molecule has 6 heteroatoms. The van der Waals surface area contributed by atoms with Gasteiger partial charge in [-0.2, -0.15) is 0 Å². The van der Waals surface area contributed by atoms with E-state index in [0.29, 0.717) is 23.0 Å². The molecule has 0 spiro atoms. The number of benzene rings is 2. The molecule has 24 heavy (non-hydrogen) atoms. The number of halogens is 1. The van der Waals surface area contributed by atoms with Crippen LogP contribution in [0.15, 0.2) is 48.5 Å². The summed E-state index contributed by atoms with van der Waals surface area (Å²) >= 11 is 5.93. The predicted octanol–water partition coefficient (Wildman–Crippen LogP) is 2.99. The Bertz CT molecular complexity index is 749. The van der Waals surface area contributed by atoms with Crippen LogP contribution in [0.1, 0.15) is 12.0 Å². The number of nitrogens with one attached hydrogen (secondary N) is 2. The average Bonchev–Trinajstić information content (AvgIpc) is 2.73. The molecule has 0 fully saturated rings. The fourth-order valence-electron chi connectivity index (χ4n) is 2.46. The number of carbonyl (C=O) groups excluding carboxylic acids is 2. The maximum Gasteiger partial charge on any atom is 0.231 e. The van der Waals surface area contributed by atoms with E-state index in [2.05, 4.69) is 10.6 Å². The normalized spacial score (nSPS) is 16.4. The smallest absolute Gasteiger partial charge is 0.231 e. The number of anilines is 1. The van der Waals surface area contributed by atoms with Gasteiger partial charge in [0.05, 0.1) is 11.6 Å². The number of ether oxygens (including phenoxy) is 1. The molecule has 0 saturated heterocycles. The first-order valence-electron chi connectivity index (χ1n) is 7.65. The van der Waals surface area contributed by atoms with E-state index in [4.69, 9.17) is 16.3 Å². The van der Waals surface area contributed by atoms with Crippen LogP contribution in [-0.2, 0) is 16.1 Å². The first-order chi connectivity index (χ1) is 11.6. The van der Waals surface area contributed by atoms with Crippen molar-refractivity contribution in [2.24, 2.45) is 5.92 Å². The van der Waals surface area contributed by atoms with Crippen molar-refractivity contribution in [1.29, 1.82) is 0 Å². The number of hydrogen-bond donors (Lipinski definition) is 2. The fraction of sp³-hybridized carbons (Fsp3) is 0.222. The molecule has 2 aromatic rings. The van der Waals surface area contributed by atoms with Crippen molar-refractivity contribution < 1.29 is 14.3 Å². The Kier molecular flexibility index (Phi) is 5.01. The topological polar surface area (TPSA) is 67.4 Å². The summed E-state index contributed by atoms with van der Waals surface area (Å²) < 4.78 is 5.63. The highest BCUT2D eigenvalue weighted by molar-refractivity contribution is 6.30. The number of hydrogen-bond acceptors (Lipinski definition) is 3. The minimum absolute atomic E-state index is 0.0698. The molecule has 2 amide bonds. The molecule has 0 saturated carbocycles. The van der Waals surface area contributed by atoms with Gasteiger partial charge in [-0.3, -0.25) is 9.59 Å². The van der Waals surface area contributed by atoms with Crippen LogP contribution in [0.3, 0.4) is 0 Å². The van der Waals surface area contributed by atoms with Crippen LogP contribution < -0.4 is 15.4 Å². The summed E-state index contributed by atoms with van der Waals surface area (Å²) in [7, 11) is 0. The summed E-state index contributed by atoms with van der Waals surface area (Å²) in [4.78, 5) is 24.4. The lowest BCUT2D eigenvalue weighted by Gasteiger charge is -2.12. The Morgan fingerprint density at radius 3 is 2.83 bits per heavy atom. The number of carbonyl (C=O) groups is 2. The Hall–Kier alpha value is -2.53. The molecular formula is C18H17ClN2O3. The van der Waals surface area contributed by atoms with Crippen molar-refractivity contribution in [2.45, 2.75) is 13.0 Å². The summed E-state index contributed by atoms with van der Waals surface area (Å²) in [6.45, 7) is 0.572. The molecule has 5 nitrogen and oxygen atoms in total. The van der Waals surface area contributed by atoms with Crippen LogP contribution >= 0.6 is 11.6 Å². The SMILES string of the molecule is O=C(CC1COc2cc(Cl)ccc2NC1=O)NCc1ccccc1. The van der Waals surface area contributed by atoms with E-state index in [1.165, 1.54) is 0 Å². The van der Waals surface area contributed by atoms with Crippen molar-refractivity contribution in [3.8, 4) is 5.75 Å². The molecule has 2 N–H and O–H groups in total. The molecule has 124 valence electrons. The average molecular weight is 345 g/mol. The Morgan fingerprint density at radius 1 is 1.25 bits per heavy atom. The monoisotopic (exact) mass is 344 g/mol. The van der Waals surface area contributed by atoms with Gasteiger partial charge in [-0.05, 0) is 17.7 Å². The van der Waals surface area contributed by atoms with Crippen molar-refractivity contribution >= 4 is 29.1 Å². The molecule has 2 aromatic carbocycles. The second kappa shape index (κ2) is 7.36. The maximum atomic E-state index is 12.3. The van der Waals surface area contributed by atoms with E-state index < -0.39 is 5.92 Å². The Balaban J connectivity index is 1.57. The van der Waals surface area contributed by atoms with Gasteiger partial charge >= 0.3 is 0 Å². The van der Waals surface area contributed by atoms with Gasteiger partial charge in [-0.15, -0.1) is 0 Å². The van der Waals surface area contributed by atoms with Crippen LogP contribution in [0.4, 0.5) is 5.69 Å². The molecule has 0 aromatic heterocycles. The van der Waals surface area contributed by atoms with Crippen LogP contribution in [0.25, 0.3) is 0 Å². The quantitative estimate of drug-likeness (QED) is 0.896. The maximum absolute atomic E-state index is 12.3. The van der Waals surface area contributed by atoms with E-state index in [9.17, 15) is 9.59 Å². The zero-order valence-corrected chi connectivity index (χ0v) is 13.7. The number of amides is 2. The zero-order chi connectivity index (χ0) is 16.9. The lowest BCUT2D eigenvalue weighted by molar-refractivity contribution is -0.128. The molecule has 1 aliphatic heterocycles. The second-order valence-corrected chi connectivity index (χ2v) is 6.04. The summed E-state index contributed by atoms with van der Waals surface area (Å²) in [5.74, 6) is -0.451. The zero-order valence-electron chi connectivity index (χ0n) is 12.9. The molecule has 1 unspecified atom stereocenters. The fourth-order valence-corrected chi connectivity index (χ4v) is 2.63. The third-order valence-corrected chi connectivity index (χ3v) is 4.01. The predicted molar refractivity (Wildman–Crippen MR) is 92.0 cm³/mol. The summed E-state index contributed by atoms with van der Waals surface area (Å²) in [5.41, 5.74) is 1.58. The molecule has 1 atom stereocenters. The molecule has 0 aliphatic carbocycles. The van der Waals surface area contributed by atoms with Gasteiger partial charge in [0.25, 0.3) is 0 Å². The Labute approximate surface area is 145 Å². The van der Waals surface area contributed by atoms with E-state index in [-0.39, 0.29) is 24.8 Å². The van der Waals surface area contributed by atoms with Crippen LogP contribution in [0.2, 0.25) is 5.02 Å². The number of fused-ring (bicyclic) bond motifs is 1. The largest absolute Gasteiger partial charge is 0.491 e. The van der Waals surface area contributed by atoms with Gasteiger partial charge in [0.1, 0.15) is 12.4 Å². The first-order valence-corrected chi connectivity index (χ1v) is 8.03. The van der Waals surface area contributed by atoms with Gasteiger partial charge in [-0.25, -0.2) is 0 Å². The number of rotatable bonds is 4. The first kappa shape index (κ1) is 16.3. The lowest BCUT2D eigenvalue weighted by atomic mass is 10.1. The second-order valence-electron chi connectivity index (χ2n) is 5.60. The summed E-state index contributed by atoms with van der Waals surface area (Å²) in [5, 5.41) is 6.13. The van der Waals surface area contributed by atoms with Crippen molar-refractivity contribution in [2.75, 3.05) is 11.9 Å². The van der Waals surface area contributed by atoms with Gasteiger partial charge in [0.15, 0.2) is 0 Å². The Morgan fingerprint density at radius 2 is 2.04 bits per heavy atom. The highest BCUT2D eigenvalue weighted by Crippen LogP contribution is 2.31. The van der Waals surface area contributed by atoms with Crippen LogP contribution in [-0.4, -0.2) is 18.4 Å². The van der Waals surface area contributed by atoms with E-state index in [1.54, 1.807) is 18.2 Å². The standard InChI is InChI=1S/C18H17ClN2O3/c19-14-6-7-15-16(9-14)24-11-13(18(23)21-15)8-17(22)20-10-12-4-2-1-3-5-12/h1-7,9,13H,8,10-11H2,(H,20,22)(H,21,23). The molecule has 0 radical (unpaired) electrons. The molecule has 3 rings (SSSR count). The van der Waals surface area contributed by atoms with Crippen molar-refractivity contribution in [1.82, 2.24) is 5.32 Å². The van der Waals surface area contributed by atoms with Gasteiger partial charge in [-0.1, -0.05) is 41.9 Å². The minimum atomic E-state index is -0.549. The summed E-state index contributed by atoms with van der Waals surface area (Å²) in [6, 6.07) is 14.6. The van der Waals surface area contributed by atoms with Crippen molar-refractivity contribution in [3.05, 3.63) is 59.1 Å². The molecule has 1 heterocycles. The molecule has 1 aliphatic rings. The highest BCUT2D eigenvalue weighted by Gasteiger charge is 2.27. The van der Waals surface area contributed by atoms with Crippen LogP contribution in [0, 0.1) is 5.92 Å². The highest BCUT2D eigenvalue weighted by atomic mass is 35.5. The van der Waals surface area contributed by atoms with Gasteiger partial charge in [0.2, 0.25) is 11.8 Å². The third-order valence-electron chi connectivity index (χ3n) is 3.78. The molecule has 0 bridgehead atoms. The van der Waals surface area contributed by atoms with Crippen LogP contribution in [0.5, 0.6) is 5.75 Å². The molecular weight excluding hydrogens is 328 g/mol. The lowest BCUT2D eigenvalue weighted by Crippen LogP contribution is -2.32. The third kappa shape index (κ3) is 4.06. The van der Waals surface area contributed by atoms with E-state index >= 15 is 0 Å². The van der Waals surface area contributed by atoms with Gasteiger partial charge in [0, 0.05) is 24.1 Å². The van der Waals surface area contributed by atoms with E-state index in [1.807, 2.05) is 30.3 Å². The van der Waals surface area contributed by atoms with Crippen molar-refractivity contribution in [3.63, 3.8) is 0 Å². The minimum Gasteiger partial charge on any atom is -0.491 e. The summed E-state index contributed by atoms with van der Waals surface area (Å²) in [6.07, 6.45) is 0.0698. The van der Waals surface area contributed by atoms with E-state index in [0.717, 1.165) is 5.56 Å². The van der Waals surface area contributed by atoms with Gasteiger partial charge < -0.3 is 15.4 Å².